The Balaban J connectivity index is 2.44. The Morgan fingerprint density at radius 2 is 2.29 bits per heavy atom. The standard InChI is InChI=1S/C14H14N4O3/c1-4-21-14(19)10-8-17-18(13(10)15)9-5-6-12(20-3)11(7-9)16-2/h5-8H,4,15H2,1,3H3. The van der Waals surface area contributed by atoms with Crippen molar-refractivity contribution < 1.29 is 14.3 Å². The molecule has 1 aromatic heterocycles. The highest BCUT2D eigenvalue weighted by Gasteiger charge is 2.17. The van der Waals surface area contributed by atoms with Gasteiger partial charge in [0.25, 0.3) is 0 Å². The average molecular weight is 286 g/mol. The average Bonchev–Trinajstić information content (AvgIpc) is 2.88. The second kappa shape index (κ2) is 5.96. The van der Waals surface area contributed by atoms with E-state index < -0.39 is 5.97 Å². The van der Waals surface area contributed by atoms with E-state index in [1.54, 1.807) is 25.1 Å². The van der Waals surface area contributed by atoms with E-state index >= 15 is 0 Å². The minimum absolute atomic E-state index is 0.162. The summed E-state index contributed by atoms with van der Waals surface area (Å²) >= 11 is 0. The van der Waals surface area contributed by atoms with E-state index in [0.29, 0.717) is 17.1 Å². The number of nitrogens with two attached hydrogens (primary N) is 1. The van der Waals surface area contributed by atoms with Crippen LogP contribution in [-0.2, 0) is 4.74 Å². The first kappa shape index (κ1) is 14.4. The van der Waals surface area contributed by atoms with Crippen LogP contribution in [0.2, 0.25) is 0 Å². The highest BCUT2D eigenvalue weighted by molar-refractivity contribution is 5.94. The van der Waals surface area contributed by atoms with Crippen molar-refractivity contribution in [2.75, 3.05) is 19.5 Å². The molecular weight excluding hydrogens is 272 g/mol. The molecule has 1 aromatic carbocycles. The molecule has 0 saturated heterocycles. The number of hydrogen-bond donors (Lipinski definition) is 1. The van der Waals surface area contributed by atoms with Gasteiger partial charge in [0.05, 0.1) is 32.2 Å². The molecule has 2 N–H and O–H groups in total. The van der Waals surface area contributed by atoms with Crippen LogP contribution < -0.4 is 10.5 Å². The van der Waals surface area contributed by atoms with E-state index in [-0.39, 0.29) is 18.0 Å². The molecule has 0 saturated carbocycles. The van der Waals surface area contributed by atoms with Gasteiger partial charge in [-0.05, 0) is 25.1 Å². The lowest BCUT2D eigenvalue weighted by Gasteiger charge is -2.08. The first-order chi connectivity index (χ1) is 10.1. The Morgan fingerprint density at radius 3 is 2.90 bits per heavy atom. The van der Waals surface area contributed by atoms with Gasteiger partial charge in [-0.25, -0.2) is 14.3 Å². The summed E-state index contributed by atoms with van der Waals surface area (Å²) in [4.78, 5) is 15.1. The van der Waals surface area contributed by atoms with Gasteiger partial charge in [0.1, 0.15) is 17.1 Å². The number of hydrogen-bond acceptors (Lipinski definition) is 5. The molecule has 0 aliphatic rings. The molecular formula is C14H14N4O3. The zero-order valence-electron chi connectivity index (χ0n) is 11.7. The molecule has 21 heavy (non-hydrogen) atoms. The minimum Gasteiger partial charge on any atom is -0.508 e. The maximum absolute atomic E-state index is 11.7. The van der Waals surface area contributed by atoms with Crippen LogP contribution >= 0.6 is 0 Å². The predicted octanol–water partition coefficient (Wildman–Crippen LogP) is 2.19. The van der Waals surface area contributed by atoms with Crippen LogP contribution in [-0.4, -0.2) is 29.5 Å². The number of benzene rings is 1. The van der Waals surface area contributed by atoms with Crippen LogP contribution in [0.15, 0.2) is 24.4 Å². The lowest BCUT2D eigenvalue weighted by atomic mass is 10.2. The maximum Gasteiger partial charge on any atom is 0.343 e. The number of carbonyl (C=O) groups is 1. The Morgan fingerprint density at radius 1 is 1.52 bits per heavy atom. The van der Waals surface area contributed by atoms with E-state index in [2.05, 4.69) is 9.94 Å². The van der Waals surface area contributed by atoms with Crippen molar-refractivity contribution in [3.05, 3.63) is 41.4 Å². The molecule has 1 heterocycles. The van der Waals surface area contributed by atoms with E-state index in [1.807, 2.05) is 0 Å². The van der Waals surface area contributed by atoms with Gasteiger partial charge in [-0.2, -0.15) is 5.10 Å². The third-order valence-corrected chi connectivity index (χ3v) is 2.83. The Kier molecular flexibility index (Phi) is 4.09. The summed E-state index contributed by atoms with van der Waals surface area (Å²) in [5, 5.41) is 4.07. The van der Waals surface area contributed by atoms with Gasteiger partial charge >= 0.3 is 5.97 Å². The fourth-order valence-corrected chi connectivity index (χ4v) is 1.83. The van der Waals surface area contributed by atoms with Crippen LogP contribution in [0.25, 0.3) is 10.5 Å². The van der Waals surface area contributed by atoms with Crippen molar-refractivity contribution in [3.63, 3.8) is 0 Å². The number of rotatable bonds is 4. The van der Waals surface area contributed by atoms with E-state index in [4.69, 9.17) is 21.8 Å². The molecule has 2 aromatic rings. The summed E-state index contributed by atoms with van der Waals surface area (Å²) in [5.74, 6) is 0.0970. The quantitative estimate of drug-likeness (QED) is 0.688. The lowest BCUT2D eigenvalue weighted by molar-refractivity contribution is 0.0527. The number of anilines is 1. The van der Waals surface area contributed by atoms with Crippen molar-refractivity contribution in [2.45, 2.75) is 6.92 Å². The molecule has 0 aliphatic heterocycles. The van der Waals surface area contributed by atoms with Gasteiger partial charge in [-0.15, -0.1) is 0 Å². The molecule has 0 amide bonds. The summed E-state index contributed by atoms with van der Waals surface area (Å²) in [5.41, 5.74) is 7.01. The third kappa shape index (κ3) is 2.65. The van der Waals surface area contributed by atoms with Gasteiger partial charge in [0, 0.05) is 0 Å². The number of ether oxygens (including phenoxy) is 2. The Hall–Kier alpha value is -3.01. The molecule has 108 valence electrons. The zero-order valence-corrected chi connectivity index (χ0v) is 11.7. The van der Waals surface area contributed by atoms with Crippen LogP contribution in [0.3, 0.4) is 0 Å². The van der Waals surface area contributed by atoms with E-state index in [0.717, 1.165) is 0 Å². The van der Waals surface area contributed by atoms with Gasteiger partial charge in [-0.3, -0.25) is 0 Å². The molecule has 2 rings (SSSR count). The molecule has 0 bridgehead atoms. The maximum atomic E-state index is 11.7. The number of nitrogen functional groups attached to an aromatic ring is 1. The number of carbonyl (C=O) groups excluding carboxylic acids is 1. The fraction of sp³-hybridized carbons (Fsp3) is 0.214. The third-order valence-electron chi connectivity index (χ3n) is 2.83. The molecule has 0 atom stereocenters. The lowest BCUT2D eigenvalue weighted by Crippen LogP contribution is -2.08. The molecule has 0 fully saturated rings. The summed E-state index contributed by atoms with van der Waals surface area (Å²) in [6.45, 7) is 9.11. The van der Waals surface area contributed by atoms with Gasteiger partial charge < -0.3 is 15.2 Å². The number of esters is 1. The fourth-order valence-electron chi connectivity index (χ4n) is 1.83. The second-order valence-corrected chi connectivity index (χ2v) is 4.04. The predicted molar refractivity (Wildman–Crippen MR) is 76.7 cm³/mol. The summed E-state index contributed by atoms with van der Waals surface area (Å²) in [7, 11) is 1.49. The molecule has 7 heteroatoms. The molecule has 0 spiro atoms. The van der Waals surface area contributed by atoms with Crippen molar-refractivity contribution >= 4 is 17.5 Å². The zero-order chi connectivity index (χ0) is 15.4. The topological polar surface area (TPSA) is 83.7 Å². The summed E-state index contributed by atoms with van der Waals surface area (Å²) < 4.78 is 11.4. The molecule has 7 nitrogen and oxygen atoms in total. The normalized spacial score (nSPS) is 9.95. The van der Waals surface area contributed by atoms with Crippen LogP contribution in [0.5, 0.6) is 5.75 Å². The molecule has 0 radical (unpaired) electrons. The van der Waals surface area contributed by atoms with Crippen LogP contribution in [0, 0.1) is 6.57 Å². The second-order valence-electron chi connectivity index (χ2n) is 4.04. The monoisotopic (exact) mass is 286 g/mol. The highest BCUT2D eigenvalue weighted by atomic mass is 16.5. The van der Waals surface area contributed by atoms with Gasteiger partial charge in [0.15, 0.2) is 0 Å². The number of nitrogens with zero attached hydrogens (tertiary/aromatic N) is 3. The van der Waals surface area contributed by atoms with E-state index in [9.17, 15) is 4.79 Å². The Bertz CT molecular complexity index is 715. The minimum atomic E-state index is -0.528. The van der Waals surface area contributed by atoms with Gasteiger partial charge in [0.2, 0.25) is 5.69 Å². The number of methoxy groups -OCH3 is 1. The Labute approximate surface area is 121 Å². The van der Waals surface area contributed by atoms with Crippen molar-refractivity contribution in [3.8, 4) is 11.4 Å². The van der Waals surface area contributed by atoms with Crippen LogP contribution in [0.4, 0.5) is 11.5 Å². The van der Waals surface area contributed by atoms with Crippen molar-refractivity contribution in [1.29, 1.82) is 0 Å². The van der Waals surface area contributed by atoms with E-state index in [1.165, 1.54) is 18.0 Å². The SMILES string of the molecule is [C-]#[N+]c1cc(-n2ncc(C(=O)OCC)c2N)ccc1OC. The number of aromatic nitrogens is 2. The summed E-state index contributed by atoms with van der Waals surface area (Å²) in [6, 6.07) is 4.93. The molecule has 0 unspecified atom stereocenters. The highest BCUT2D eigenvalue weighted by Crippen LogP contribution is 2.30. The first-order valence-electron chi connectivity index (χ1n) is 6.18. The first-order valence-corrected chi connectivity index (χ1v) is 6.18. The van der Waals surface area contributed by atoms with Crippen LogP contribution in [0.1, 0.15) is 17.3 Å². The van der Waals surface area contributed by atoms with Crippen molar-refractivity contribution in [1.82, 2.24) is 9.78 Å². The summed E-state index contributed by atoms with van der Waals surface area (Å²) in [6.07, 6.45) is 1.34. The van der Waals surface area contributed by atoms with Gasteiger partial charge in [-0.1, -0.05) is 0 Å². The smallest absolute Gasteiger partial charge is 0.343 e. The largest absolute Gasteiger partial charge is 0.508 e. The molecule has 0 aliphatic carbocycles. The van der Waals surface area contributed by atoms with Crippen molar-refractivity contribution in [2.24, 2.45) is 0 Å².